The topological polar surface area (TPSA) is 93.3 Å². The standard InChI is InChI=1S/C19H29N5O3S/c1-14(2)18(22-28(4,25)26)19-21-20-17-7-8-23(9-10-24(17)19)13-15(3)12-16-6-5-11-27-16/h5-6,11-12,14,18,22H,7-10,13H2,1-4H3/b15-12+. The van der Waals surface area contributed by atoms with E-state index in [4.69, 9.17) is 4.42 Å². The maximum absolute atomic E-state index is 11.8. The SMILES string of the molecule is C/C(=C\c1ccco1)CN1CCc2nnc(C(NS(C)(=O)=O)C(C)C)n2CC1. The number of furan rings is 1. The quantitative estimate of drug-likeness (QED) is 0.755. The number of rotatable bonds is 7. The molecule has 1 N–H and O–H groups in total. The monoisotopic (exact) mass is 407 g/mol. The number of sulfonamides is 1. The Morgan fingerprint density at radius 2 is 2.11 bits per heavy atom. The van der Waals surface area contributed by atoms with Crippen LogP contribution >= 0.6 is 0 Å². The molecule has 0 aliphatic carbocycles. The van der Waals surface area contributed by atoms with Crippen molar-refractivity contribution in [3.63, 3.8) is 0 Å². The number of hydrogen-bond acceptors (Lipinski definition) is 6. The minimum Gasteiger partial charge on any atom is -0.465 e. The summed E-state index contributed by atoms with van der Waals surface area (Å²) in [6.07, 6.45) is 5.69. The van der Waals surface area contributed by atoms with E-state index in [2.05, 4.69) is 37.4 Å². The molecule has 0 spiro atoms. The van der Waals surface area contributed by atoms with Crippen LogP contribution in [0.3, 0.4) is 0 Å². The molecule has 154 valence electrons. The lowest BCUT2D eigenvalue weighted by Gasteiger charge is -2.22. The molecular weight excluding hydrogens is 378 g/mol. The first-order chi connectivity index (χ1) is 13.2. The average molecular weight is 408 g/mol. The third-order valence-electron chi connectivity index (χ3n) is 4.84. The van der Waals surface area contributed by atoms with Crippen LogP contribution in [0.4, 0.5) is 0 Å². The molecule has 0 aromatic carbocycles. The molecule has 3 rings (SSSR count). The maximum Gasteiger partial charge on any atom is 0.209 e. The first-order valence-corrected chi connectivity index (χ1v) is 11.4. The third-order valence-corrected chi connectivity index (χ3v) is 5.52. The number of fused-ring (bicyclic) bond motifs is 1. The lowest BCUT2D eigenvalue weighted by molar-refractivity contribution is 0.299. The maximum atomic E-state index is 11.8. The number of hydrogen-bond donors (Lipinski definition) is 1. The first-order valence-electron chi connectivity index (χ1n) is 9.55. The second-order valence-electron chi connectivity index (χ2n) is 7.77. The highest BCUT2D eigenvalue weighted by Gasteiger charge is 2.28. The van der Waals surface area contributed by atoms with Crippen molar-refractivity contribution in [3.8, 4) is 0 Å². The molecule has 28 heavy (non-hydrogen) atoms. The number of aromatic nitrogens is 3. The van der Waals surface area contributed by atoms with Crippen LogP contribution in [-0.2, 0) is 23.0 Å². The van der Waals surface area contributed by atoms with Gasteiger partial charge in [-0.05, 0) is 31.1 Å². The molecule has 0 amide bonds. The van der Waals surface area contributed by atoms with E-state index in [9.17, 15) is 8.42 Å². The Bertz CT molecular complexity index is 916. The van der Waals surface area contributed by atoms with Gasteiger partial charge in [0.1, 0.15) is 11.6 Å². The van der Waals surface area contributed by atoms with Crippen molar-refractivity contribution in [2.45, 2.75) is 39.8 Å². The van der Waals surface area contributed by atoms with E-state index >= 15 is 0 Å². The average Bonchev–Trinajstić information content (AvgIpc) is 3.19. The molecule has 1 aliphatic rings. The molecule has 3 heterocycles. The van der Waals surface area contributed by atoms with Crippen molar-refractivity contribution in [2.24, 2.45) is 5.92 Å². The zero-order valence-electron chi connectivity index (χ0n) is 16.9. The van der Waals surface area contributed by atoms with E-state index in [0.717, 1.165) is 44.2 Å². The van der Waals surface area contributed by atoms with Gasteiger partial charge in [0.05, 0.1) is 18.6 Å². The largest absolute Gasteiger partial charge is 0.465 e. The van der Waals surface area contributed by atoms with Gasteiger partial charge in [-0.25, -0.2) is 13.1 Å². The van der Waals surface area contributed by atoms with Gasteiger partial charge < -0.3 is 8.98 Å². The summed E-state index contributed by atoms with van der Waals surface area (Å²) >= 11 is 0. The fourth-order valence-corrected chi connectivity index (χ4v) is 4.35. The molecule has 1 unspecified atom stereocenters. The highest BCUT2D eigenvalue weighted by molar-refractivity contribution is 7.88. The molecule has 2 aromatic rings. The van der Waals surface area contributed by atoms with Crippen LogP contribution in [0.1, 0.15) is 44.2 Å². The van der Waals surface area contributed by atoms with Crippen LogP contribution in [0, 0.1) is 5.92 Å². The lowest BCUT2D eigenvalue weighted by atomic mass is 10.1. The van der Waals surface area contributed by atoms with Crippen LogP contribution in [0.5, 0.6) is 0 Å². The van der Waals surface area contributed by atoms with E-state index in [-0.39, 0.29) is 12.0 Å². The summed E-state index contributed by atoms with van der Waals surface area (Å²) in [6, 6.07) is 3.44. The van der Waals surface area contributed by atoms with Crippen molar-refractivity contribution in [1.82, 2.24) is 24.4 Å². The van der Waals surface area contributed by atoms with Gasteiger partial charge in [0.15, 0.2) is 5.82 Å². The van der Waals surface area contributed by atoms with Crippen molar-refractivity contribution in [2.75, 3.05) is 25.9 Å². The summed E-state index contributed by atoms with van der Waals surface area (Å²) in [7, 11) is -3.34. The lowest BCUT2D eigenvalue weighted by Crippen LogP contribution is -2.34. The number of nitrogens with one attached hydrogen (secondary N) is 1. The van der Waals surface area contributed by atoms with E-state index in [1.165, 1.54) is 11.8 Å². The van der Waals surface area contributed by atoms with E-state index in [0.29, 0.717) is 5.82 Å². The van der Waals surface area contributed by atoms with Gasteiger partial charge in [0, 0.05) is 32.6 Å². The Morgan fingerprint density at radius 1 is 1.32 bits per heavy atom. The molecule has 1 aliphatic heterocycles. The predicted octanol–water partition coefficient (Wildman–Crippen LogP) is 2.08. The summed E-state index contributed by atoms with van der Waals surface area (Å²) in [6.45, 7) is 9.39. The Labute approximate surface area is 166 Å². The van der Waals surface area contributed by atoms with E-state index in [1.54, 1.807) is 6.26 Å². The second kappa shape index (κ2) is 8.59. The fourth-order valence-electron chi connectivity index (χ4n) is 3.51. The summed E-state index contributed by atoms with van der Waals surface area (Å²) in [5.74, 6) is 2.53. The van der Waals surface area contributed by atoms with Gasteiger partial charge in [-0.1, -0.05) is 19.4 Å². The van der Waals surface area contributed by atoms with Gasteiger partial charge in [0.2, 0.25) is 10.0 Å². The molecule has 1 atom stereocenters. The van der Waals surface area contributed by atoms with Gasteiger partial charge in [0.25, 0.3) is 0 Å². The Hall–Kier alpha value is -1.97. The third kappa shape index (κ3) is 5.30. The normalized spacial score (nSPS) is 17.5. The summed E-state index contributed by atoms with van der Waals surface area (Å²) in [4.78, 5) is 2.38. The molecule has 0 fully saturated rings. The van der Waals surface area contributed by atoms with Gasteiger partial charge in [-0.15, -0.1) is 10.2 Å². The van der Waals surface area contributed by atoms with Crippen LogP contribution < -0.4 is 4.72 Å². The molecule has 0 bridgehead atoms. The Kier molecular flexibility index (Phi) is 6.36. The molecule has 8 nitrogen and oxygen atoms in total. The Balaban J connectivity index is 1.72. The van der Waals surface area contributed by atoms with Gasteiger partial charge in [-0.3, -0.25) is 4.90 Å². The van der Waals surface area contributed by atoms with Crippen LogP contribution in [0.15, 0.2) is 28.4 Å². The van der Waals surface area contributed by atoms with Gasteiger partial charge in [-0.2, -0.15) is 0 Å². The molecule has 0 radical (unpaired) electrons. The molecular formula is C19H29N5O3S. The smallest absolute Gasteiger partial charge is 0.209 e. The summed E-state index contributed by atoms with van der Waals surface area (Å²) in [5.41, 5.74) is 1.23. The molecule has 0 saturated heterocycles. The summed E-state index contributed by atoms with van der Waals surface area (Å²) < 4.78 is 33.8. The minimum atomic E-state index is -3.34. The van der Waals surface area contributed by atoms with Crippen LogP contribution in [0.25, 0.3) is 6.08 Å². The van der Waals surface area contributed by atoms with E-state index < -0.39 is 10.0 Å². The van der Waals surface area contributed by atoms with Gasteiger partial charge >= 0.3 is 0 Å². The molecule has 9 heteroatoms. The molecule has 2 aromatic heterocycles. The first kappa shape index (κ1) is 20.8. The number of nitrogens with zero attached hydrogens (tertiary/aromatic N) is 4. The van der Waals surface area contributed by atoms with E-state index in [1.807, 2.05) is 26.0 Å². The molecule has 0 saturated carbocycles. The fraction of sp³-hybridized carbons (Fsp3) is 0.579. The summed E-state index contributed by atoms with van der Waals surface area (Å²) in [5, 5.41) is 8.67. The van der Waals surface area contributed by atoms with Crippen molar-refractivity contribution in [1.29, 1.82) is 0 Å². The predicted molar refractivity (Wildman–Crippen MR) is 108 cm³/mol. The highest BCUT2D eigenvalue weighted by atomic mass is 32.2. The van der Waals surface area contributed by atoms with Crippen LogP contribution in [0.2, 0.25) is 0 Å². The second-order valence-corrected chi connectivity index (χ2v) is 9.55. The highest BCUT2D eigenvalue weighted by Crippen LogP contribution is 2.23. The van der Waals surface area contributed by atoms with Crippen molar-refractivity contribution < 1.29 is 12.8 Å². The minimum absolute atomic E-state index is 0.0702. The Morgan fingerprint density at radius 3 is 2.75 bits per heavy atom. The van der Waals surface area contributed by atoms with Crippen LogP contribution in [-0.4, -0.2) is 54.0 Å². The zero-order chi connectivity index (χ0) is 20.3. The van der Waals surface area contributed by atoms with Crippen molar-refractivity contribution >= 4 is 16.1 Å². The van der Waals surface area contributed by atoms with Crippen molar-refractivity contribution in [3.05, 3.63) is 41.4 Å². The zero-order valence-corrected chi connectivity index (χ0v) is 17.7.